The number of hydrogen-bond donors (Lipinski definition) is 1. The third-order valence-electron chi connectivity index (χ3n) is 6.48. The molecule has 3 nitrogen and oxygen atoms in total. The molecule has 1 aromatic heterocycles. The van der Waals surface area contributed by atoms with Gasteiger partial charge in [0.25, 0.3) is 5.91 Å². The van der Waals surface area contributed by atoms with E-state index in [1.165, 1.54) is 36.0 Å². The summed E-state index contributed by atoms with van der Waals surface area (Å²) >= 11 is 3.26. The minimum atomic E-state index is -0.518. The van der Waals surface area contributed by atoms with E-state index in [0.717, 1.165) is 17.1 Å². The Balaban J connectivity index is 1.59. The molecule has 0 spiro atoms. The van der Waals surface area contributed by atoms with Gasteiger partial charge >= 0.3 is 0 Å². The van der Waals surface area contributed by atoms with Crippen molar-refractivity contribution < 1.29 is 4.79 Å². The molecule has 0 unspecified atom stereocenters. The summed E-state index contributed by atoms with van der Waals surface area (Å²) in [5.41, 5.74) is 5.84. The molecule has 0 aliphatic heterocycles. The van der Waals surface area contributed by atoms with Crippen molar-refractivity contribution in [1.82, 2.24) is 10.3 Å². The number of carbonyl (C=O) groups is 1. The molecule has 34 heavy (non-hydrogen) atoms. The molecular formula is C29H28N2OS2. The van der Waals surface area contributed by atoms with E-state index >= 15 is 0 Å². The zero-order valence-corrected chi connectivity index (χ0v) is 20.7. The van der Waals surface area contributed by atoms with Crippen molar-refractivity contribution in [3.05, 3.63) is 119 Å². The molecule has 5 rings (SSSR count). The van der Waals surface area contributed by atoms with Crippen LogP contribution in [0.3, 0.4) is 0 Å². The Hall–Kier alpha value is -2.89. The van der Waals surface area contributed by atoms with Crippen LogP contribution in [-0.2, 0) is 4.75 Å². The summed E-state index contributed by atoms with van der Waals surface area (Å²) < 4.78 is 0.417. The van der Waals surface area contributed by atoms with E-state index in [0.29, 0.717) is 5.69 Å². The highest BCUT2D eigenvalue weighted by atomic mass is 32.2. The minimum Gasteiger partial charge on any atom is -0.348 e. The van der Waals surface area contributed by atoms with Gasteiger partial charge in [0.05, 0.1) is 14.5 Å². The molecule has 0 bridgehead atoms. The van der Waals surface area contributed by atoms with Crippen molar-refractivity contribution >= 4 is 29.0 Å². The number of carbonyl (C=O) groups excluding carboxylic acids is 1. The van der Waals surface area contributed by atoms with Gasteiger partial charge in [-0.05, 0) is 29.5 Å². The van der Waals surface area contributed by atoms with Gasteiger partial charge in [-0.25, -0.2) is 4.98 Å². The number of thiazole rings is 1. The smallest absolute Gasteiger partial charge is 0.272 e. The summed E-state index contributed by atoms with van der Waals surface area (Å²) in [6, 6.07) is 31.9. The van der Waals surface area contributed by atoms with Crippen LogP contribution in [-0.4, -0.2) is 16.9 Å². The van der Waals surface area contributed by atoms with Crippen LogP contribution in [0.15, 0.2) is 101 Å². The molecule has 5 heteroatoms. The highest BCUT2D eigenvalue weighted by molar-refractivity contribution is 8.02. The molecule has 3 aromatic carbocycles. The third kappa shape index (κ3) is 4.68. The lowest BCUT2D eigenvalue weighted by Gasteiger charge is -2.35. The van der Waals surface area contributed by atoms with Crippen molar-refractivity contribution in [3.8, 4) is 0 Å². The fourth-order valence-corrected chi connectivity index (χ4v) is 7.28. The molecule has 1 heterocycles. The van der Waals surface area contributed by atoms with Gasteiger partial charge in [-0.1, -0.05) is 122 Å². The number of hydrogen-bond acceptors (Lipinski definition) is 4. The molecule has 1 N–H and O–H groups in total. The van der Waals surface area contributed by atoms with Crippen molar-refractivity contribution in [1.29, 1.82) is 0 Å². The minimum absolute atomic E-state index is 0.0567. The number of amides is 1. The van der Waals surface area contributed by atoms with Crippen molar-refractivity contribution in [3.63, 3.8) is 0 Å². The lowest BCUT2D eigenvalue weighted by atomic mass is 9.84. The Morgan fingerprint density at radius 1 is 0.794 bits per heavy atom. The molecule has 0 radical (unpaired) electrons. The topological polar surface area (TPSA) is 42.0 Å². The number of nitrogens with one attached hydrogen (secondary N) is 1. The first-order valence-electron chi connectivity index (χ1n) is 11.9. The van der Waals surface area contributed by atoms with Crippen LogP contribution in [0.4, 0.5) is 0 Å². The number of nitrogens with zero attached hydrogens (tertiary/aromatic N) is 1. The third-order valence-corrected chi connectivity index (χ3v) is 9.03. The summed E-state index contributed by atoms with van der Waals surface area (Å²) in [6.07, 6.45) is 5.74. The van der Waals surface area contributed by atoms with Gasteiger partial charge in [0.15, 0.2) is 5.69 Å². The zero-order valence-electron chi connectivity index (χ0n) is 19.0. The lowest BCUT2D eigenvalue weighted by Crippen LogP contribution is -2.36. The first-order chi connectivity index (χ1) is 16.8. The van der Waals surface area contributed by atoms with Gasteiger partial charge < -0.3 is 5.32 Å². The van der Waals surface area contributed by atoms with E-state index in [-0.39, 0.29) is 11.9 Å². The van der Waals surface area contributed by atoms with Crippen molar-refractivity contribution in [2.45, 2.75) is 47.1 Å². The highest BCUT2D eigenvalue weighted by Crippen LogP contribution is 2.53. The Morgan fingerprint density at radius 2 is 1.29 bits per heavy atom. The summed E-state index contributed by atoms with van der Waals surface area (Å²) in [4.78, 5) is 17.8. The zero-order chi connectivity index (χ0) is 23.2. The molecule has 172 valence electrons. The first-order valence-corrected chi connectivity index (χ1v) is 13.6. The average Bonchev–Trinajstić information content (AvgIpc) is 3.38. The number of rotatable bonds is 7. The van der Waals surface area contributed by atoms with Crippen LogP contribution in [0, 0.1) is 0 Å². The predicted molar refractivity (Wildman–Crippen MR) is 142 cm³/mol. The Labute approximate surface area is 209 Å². The van der Waals surface area contributed by atoms with E-state index in [1.54, 1.807) is 28.6 Å². The number of aromatic nitrogens is 1. The van der Waals surface area contributed by atoms with Gasteiger partial charge in [0, 0.05) is 6.04 Å². The van der Waals surface area contributed by atoms with Crippen LogP contribution >= 0.6 is 23.1 Å². The quantitative estimate of drug-likeness (QED) is 0.221. The molecule has 1 fully saturated rings. The standard InChI is InChI=1S/C29H28N2OS2/c32-27(31-25-19-11-4-12-20-25)26-28(33-21-30-26)34-29(22-13-5-1-6-14-22,23-15-7-2-8-16-23)24-17-9-3-10-18-24/h1-3,5-10,13-18,21,25H,4,11-12,19-20H2,(H,31,32). The van der Waals surface area contributed by atoms with Gasteiger partial charge in [-0.15, -0.1) is 11.3 Å². The maximum atomic E-state index is 13.3. The molecule has 0 atom stereocenters. The van der Waals surface area contributed by atoms with Gasteiger partial charge in [-0.3, -0.25) is 4.79 Å². The predicted octanol–water partition coefficient (Wildman–Crippen LogP) is 7.29. The summed E-state index contributed by atoms with van der Waals surface area (Å²) in [5, 5.41) is 3.26. The normalized spacial score (nSPS) is 14.6. The van der Waals surface area contributed by atoms with Crippen LogP contribution in [0.2, 0.25) is 0 Å². The van der Waals surface area contributed by atoms with Gasteiger partial charge in [0.2, 0.25) is 0 Å². The summed E-state index contributed by atoms with van der Waals surface area (Å²) in [6.45, 7) is 0. The molecule has 1 aliphatic carbocycles. The Morgan fingerprint density at radius 3 is 1.79 bits per heavy atom. The van der Waals surface area contributed by atoms with E-state index in [4.69, 9.17) is 0 Å². The van der Waals surface area contributed by atoms with E-state index in [2.05, 4.69) is 83.1 Å². The highest BCUT2D eigenvalue weighted by Gasteiger charge is 2.39. The lowest BCUT2D eigenvalue weighted by molar-refractivity contribution is 0.0920. The Kier molecular flexibility index (Phi) is 7.12. The SMILES string of the molecule is O=C(NC1CCCCC1)c1ncsc1SC(c1ccccc1)(c1ccccc1)c1ccccc1. The van der Waals surface area contributed by atoms with E-state index < -0.39 is 4.75 Å². The Bertz CT molecular complexity index is 1110. The van der Waals surface area contributed by atoms with Crippen LogP contribution < -0.4 is 5.32 Å². The number of benzene rings is 3. The monoisotopic (exact) mass is 484 g/mol. The second kappa shape index (κ2) is 10.6. The summed E-state index contributed by atoms with van der Waals surface area (Å²) in [5.74, 6) is -0.0567. The van der Waals surface area contributed by atoms with Crippen molar-refractivity contribution in [2.24, 2.45) is 0 Å². The van der Waals surface area contributed by atoms with Crippen molar-refractivity contribution in [2.75, 3.05) is 0 Å². The fourth-order valence-electron chi connectivity index (χ4n) is 4.79. The van der Waals surface area contributed by atoms with Crippen LogP contribution in [0.5, 0.6) is 0 Å². The maximum absolute atomic E-state index is 13.3. The molecule has 0 saturated heterocycles. The molecule has 1 aliphatic rings. The maximum Gasteiger partial charge on any atom is 0.272 e. The molecule has 1 amide bonds. The van der Waals surface area contributed by atoms with Crippen LogP contribution in [0.25, 0.3) is 0 Å². The van der Waals surface area contributed by atoms with Gasteiger partial charge in [-0.2, -0.15) is 0 Å². The van der Waals surface area contributed by atoms with E-state index in [9.17, 15) is 4.79 Å². The second-order valence-corrected chi connectivity index (χ2v) is 11.0. The molecule has 4 aromatic rings. The molecule has 1 saturated carbocycles. The molecular weight excluding hydrogens is 456 g/mol. The van der Waals surface area contributed by atoms with Crippen LogP contribution in [0.1, 0.15) is 59.3 Å². The summed E-state index contributed by atoms with van der Waals surface area (Å²) in [7, 11) is 0. The fraction of sp³-hybridized carbons (Fsp3) is 0.241. The second-order valence-electron chi connectivity index (χ2n) is 8.68. The number of thioether (sulfide) groups is 1. The largest absolute Gasteiger partial charge is 0.348 e. The average molecular weight is 485 g/mol. The van der Waals surface area contributed by atoms with E-state index in [1.807, 2.05) is 18.2 Å². The van der Waals surface area contributed by atoms with Gasteiger partial charge in [0.1, 0.15) is 0 Å². The first kappa shape index (κ1) is 22.9.